The van der Waals surface area contributed by atoms with Gasteiger partial charge in [-0.05, 0) is 48.2 Å². The predicted molar refractivity (Wildman–Crippen MR) is 82.6 cm³/mol. The molecule has 3 nitrogen and oxygen atoms in total. The molecule has 2 aromatic heterocycles. The molecule has 0 saturated heterocycles. The van der Waals surface area contributed by atoms with E-state index in [1.807, 2.05) is 28.8 Å². The van der Waals surface area contributed by atoms with E-state index < -0.39 is 5.54 Å². The lowest BCUT2D eigenvalue weighted by atomic mass is 9.94. The van der Waals surface area contributed by atoms with Crippen LogP contribution in [0.5, 0.6) is 0 Å². The fourth-order valence-electron chi connectivity index (χ4n) is 3.03. The Morgan fingerprint density at radius 2 is 2.00 bits per heavy atom. The van der Waals surface area contributed by atoms with Crippen LogP contribution in [0.1, 0.15) is 16.8 Å². The summed E-state index contributed by atoms with van der Waals surface area (Å²) >= 11 is 3.53. The first kappa shape index (κ1) is 12.1. The summed E-state index contributed by atoms with van der Waals surface area (Å²) in [7, 11) is 0. The Balaban J connectivity index is 1.79. The van der Waals surface area contributed by atoms with Gasteiger partial charge in [0.2, 0.25) is 0 Å². The third-order valence-corrected chi connectivity index (χ3v) is 4.55. The summed E-state index contributed by atoms with van der Waals surface area (Å²) < 4.78 is 3.14. The second-order valence-corrected chi connectivity index (χ2v) is 6.43. The molecule has 0 amide bonds. The molecule has 0 radical (unpaired) electrons. The van der Waals surface area contributed by atoms with Crippen molar-refractivity contribution in [2.45, 2.75) is 18.4 Å². The van der Waals surface area contributed by atoms with Crippen LogP contribution in [0.15, 0.2) is 53.3 Å². The number of imidazole rings is 1. The number of nitrogens with zero attached hydrogens (tertiary/aromatic N) is 2. The molecule has 1 aliphatic carbocycles. The van der Waals surface area contributed by atoms with Crippen molar-refractivity contribution in [3.63, 3.8) is 0 Å². The van der Waals surface area contributed by atoms with Crippen molar-refractivity contribution in [2.24, 2.45) is 5.73 Å². The van der Waals surface area contributed by atoms with Crippen LogP contribution in [0.4, 0.5) is 0 Å². The lowest BCUT2D eigenvalue weighted by Gasteiger charge is -2.20. The lowest BCUT2D eigenvalue weighted by Crippen LogP contribution is -2.37. The minimum Gasteiger partial charge on any atom is -0.320 e. The first-order chi connectivity index (χ1) is 9.64. The lowest BCUT2D eigenvalue weighted by molar-refractivity contribution is 0.460. The van der Waals surface area contributed by atoms with Gasteiger partial charge in [-0.15, -0.1) is 0 Å². The van der Waals surface area contributed by atoms with Gasteiger partial charge in [-0.1, -0.05) is 28.1 Å². The Bertz CT molecular complexity index is 775. The minimum atomic E-state index is -0.394. The fourth-order valence-corrected chi connectivity index (χ4v) is 3.44. The molecule has 0 aliphatic heterocycles. The van der Waals surface area contributed by atoms with Gasteiger partial charge in [-0.3, -0.25) is 0 Å². The number of hydrogen-bond acceptors (Lipinski definition) is 2. The van der Waals surface area contributed by atoms with Gasteiger partial charge in [0.1, 0.15) is 5.65 Å². The van der Waals surface area contributed by atoms with Crippen molar-refractivity contribution >= 4 is 21.6 Å². The fraction of sp³-hybridized carbons (Fsp3) is 0.188. The molecule has 4 heteroatoms. The van der Waals surface area contributed by atoms with Crippen LogP contribution in [0.3, 0.4) is 0 Å². The maximum Gasteiger partial charge on any atom is 0.137 e. The molecule has 1 aromatic carbocycles. The second-order valence-electron chi connectivity index (χ2n) is 5.51. The molecule has 4 rings (SSSR count). The Morgan fingerprint density at radius 1 is 1.15 bits per heavy atom. The Kier molecular flexibility index (Phi) is 2.53. The van der Waals surface area contributed by atoms with Crippen molar-refractivity contribution in [1.82, 2.24) is 9.38 Å². The molecule has 0 fully saturated rings. The van der Waals surface area contributed by atoms with E-state index in [0.29, 0.717) is 0 Å². The molecule has 1 aliphatic rings. The molecule has 0 saturated carbocycles. The van der Waals surface area contributed by atoms with Crippen molar-refractivity contribution < 1.29 is 0 Å². The number of rotatable bonds is 1. The maximum atomic E-state index is 6.65. The zero-order valence-electron chi connectivity index (χ0n) is 10.9. The van der Waals surface area contributed by atoms with Gasteiger partial charge < -0.3 is 10.1 Å². The standard InChI is InChI=1S/C16H14BrN3/c17-13-5-4-11-8-16(18,9-12(11)7-13)14-10-20-6-2-1-3-15(20)19-14/h1-7,10H,8-9,18H2. The molecule has 0 bridgehead atoms. The number of benzene rings is 1. The molecule has 2 N–H and O–H groups in total. The van der Waals surface area contributed by atoms with Crippen molar-refractivity contribution in [3.05, 3.63) is 70.1 Å². The third-order valence-electron chi connectivity index (χ3n) is 4.05. The first-order valence-electron chi connectivity index (χ1n) is 6.64. The van der Waals surface area contributed by atoms with Gasteiger partial charge in [0.05, 0.1) is 11.2 Å². The number of aromatic nitrogens is 2. The largest absolute Gasteiger partial charge is 0.320 e. The zero-order chi connectivity index (χ0) is 13.7. The van der Waals surface area contributed by atoms with Crippen LogP contribution in [-0.2, 0) is 18.4 Å². The molecule has 1 unspecified atom stereocenters. The van der Waals surface area contributed by atoms with Crippen LogP contribution in [0.25, 0.3) is 5.65 Å². The normalized spacial score (nSPS) is 21.3. The summed E-state index contributed by atoms with van der Waals surface area (Å²) in [4.78, 5) is 4.70. The van der Waals surface area contributed by atoms with Crippen molar-refractivity contribution in [2.75, 3.05) is 0 Å². The molecule has 1 atom stereocenters. The molecule has 20 heavy (non-hydrogen) atoms. The smallest absolute Gasteiger partial charge is 0.137 e. The van der Waals surface area contributed by atoms with Crippen LogP contribution in [0.2, 0.25) is 0 Å². The van der Waals surface area contributed by atoms with Gasteiger partial charge >= 0.3 is 0 Å². The summed E-state index contributed by atoms with van der Waals surface area (Å²) in [6.07, 6.45) is 5.75. The molecule has 0 spiro atoms. The van der Waals surface area contributed by atoms with E-state index >= 15 is 0 Å². The number of halogens is 1. The van der Waals surface area contributed by atoms with Gasteiger partial charge in [-0.25, -0.2) is 4.98 Å². The molecular weight excluding hydrogens is 314 g/mol. The summed E-state index contributed by atoms with van der Waals surface area (Å²) in [5.41, 5.74) is 10.8. The van der Waals surface area contributed by atoms with Crippen LogP contribution in [0, 0.1) is 0 Å². The third kappa shape index (κ3) is 1.79. The van der Waals surface area contributed by atoms with Crippen LogP contribution in [-0.4, -0.2) is 9.38 Å². The molecule has 3 aromatic rings. The van der Waals surface area contributed by atoms with Gasteiger partial charge in [0, 0.05) is 16.9 Å². The highest BCUT2D eigenvalue weighted by molar-refractivity contribution is 9.10. The first-order valence-corrected chi connectivity index (χ1v) is 7.44. The molecule has 100 valence electrons. The van der Waals surface area contributed by atoms with E-state index in [9.17, 15) is 0 Å². The summed E-state index contributed by atoms with van der Waals surface area (Å²) in [6, 6.07) is 12.4. The van der Waals surface area contributed by atoms with Gasteiger partial charge in [0.15, 0.2) is 0 Å². The SMILES string of the molecule is NC1(c2cn3ccccc3n2)Cc2ccc(Br)cc2C1. The van der Waals surface area contributed by atoms with Gasteiger partial charge in [-0.2, -0.15) is 0 Å². The van der Waals surface area contributed by atoms with E-state index in [0.717, 1.165) is 28.7 Å². The quantitative estimate of drug-likeness (QED) is 0.746. The summed E-state index contributed by atoms with van der Waals surface area (Å²) in [5.74, 6) is 0. The number of hydrogen-bond donors (Lipinski definition) is 1. The van der Waals surface area contributed by atoms with Gasteiger partial charge in [0.25, 0.3) is 0 Å². The number of pyridine rings is 1. The molecule has 2 heterocycles. The monoisotopic (exact) mass is 327 g/mol. The van der Waals surface area contributed by atoms with Crippen LogP contribution >= 0.6 is 15.9 Å². The van der Waals surface area contributed by atoms with Crippen LogP contribution < -0.4 is 5.73 Å². The Labute approximate surface area is 125 Å². The minimum absolute atomic E-state index is 0.394. The van der Waals surface area contributed by atoms with E-state index in [1.165, 1.54) is 11.1 Å². The predicted octanol–water partition coefficient (Wildman–Crippen LogP) is 3.05. The van der Waals surface area contributed by atoms with E-state index in [2.05, 4.69) is 40.3 Å². The van der Waals surface area contributed by atoms with Crippen molar-refractivity contribution in [3.8, 4) is 0 Å². The zero-order valence-corrected chi connectivity index (χ0v) is 12.5. The van der Waals surface area contributed by atoms with E-state index in [4.69, 9.17) is 10.7 Å². The average Bonchev–Trinajstić information content (AvgIpc) is 2.99. The summed E-state index contributed by atoms with van der Waals surface area (Å²) in [6.45, 7) is 0. The number of nitrogens with two attached hydrogens (primary N) is 1. The highest BCUT2D eigenvalue weighted by atomic mass is 79.9. The van der Waals surface area contributed by atoms with E-state index in [1.54, 1.807) is 0 Å². The molecular formula is C16H14BrN3. The summed E-state index contributed by atoms with van der Waals surface area (Å²) in [5, 5.41) is 0. The maximum absolute atomic E-state index is 6.65. The average molecular weight is 328 g/mol. The number of fused-ring (bicyclic) bond motifs is 2. The highest BCUT2D eigenvalue weighted by Crippen LogP contribution is 2.36. The Morgan fingerprint density at radius 3 is 2.85 bits per heavy atom. The topological polar surface area (TPSA) is 43.3 Å². The highest BCUT2D eigenvalue weighted by Gasteiger charge is 2.37. The second kappa shape index (κ2) is 4.17. The van der Waals surface area contributed by atoms with Crippen molar-refractivity contribution in [1.29, 1.82) is 0 Å². The Hall–Kier alpha value is -1.65. The van der Waals surface area contributed by atoms with E-state index in [-0.39, 0.29) is 0 Å².